The van der Waals surface area contributed by atoms with Crippen molar-refractivity contribution in [3.63, 3.8) is 0 Å². The van der Waals surface area contributed by atoms with Crippen molar-refractivity contribution in [1.82, 2.24) is 4.98 Å². The fourth-order valence-electron chi connectivity index (χ4n) is 2.43. The molecular weight excluding hydrogens is 306 g/mol. The second kappa shape index (κ2) is 7.70. The van der Waals surface area contributed by atoms with Crippen LogP contribution in [0.4, 0.5) is 5.69 Å². The van der Waals surface area contributed by atoms with E-state index in [1.165, 1.54) is 6.20 Å². The van der Waals surface area contributed by atoms with Gasteiger partial charge in [-0.2, -0.15) is 0 Å². The molecular formula is C18H19N3O3. The van der Waals surface area contributed by atoms with Gasteiger partial charge in [-0.05, 0) is 36.8 Å². The van der Waals surface area contributed by atoms with Crippen molar-refractivity contribution < 1.29 is 14.4 Å². The number of hydrogen-bond donors (Lipinski definition) is 0. The van der Waals surface area contributed by atoms with E-state index in [-0.39, 0.29) is 0 Å². The number of nitrogens with zero attached hydrogens (tertiary/aromatic N) is 3. The van der Waals surface area contributed by atoms with Crippen LogP contribution in [-0.4, -0.2) is 43.0 Å². The van der Waals surface area contributed by atoms with E-state index in [0.717, 1.165) is 37.6 Å². The van der Waals surface area contributed by atoms with Crippen LogP contribution in [-0.2, 0) is 9.57 Å². The van der Waals surface area contributed by atoms with E-state index >= 15 is 0 Å². The molecule has 0 unspecified atom stereocenters. The van der Waals surface area contributed by atoms with Crippen molar-refractivity contribution in [3.8, 4) is 0 Å². The number of anilines is 1. The van der Waals surface area contributed by atoms with Crippen LogP contribution in [0.25, 0.3) is 0 Å². The smallest absolute Gasteiger partial charge is 0.367 e. The fraction of sp³-hybridized carbons (Fsp3) is 0.278. The third-order valence-electron chi connectivity index (χ3n) is 3.82. The molecule has 0 amide bonds. The zero-order chi connectivity index (χ0) is 16.8. The van der Waals surface area contributed by atoms with Gasteiger partial charge in [0.1, 0.15) is 0 Å². The number of hydrogen-bond acceptors (Lipinski definition) is 6. The summed E-state index contributed by atoms with van der Waals surface area (Å²) < 4.78 is 5.36. The molecule has 2 aromatic rings. The zero-order valence-corrected chi connectivity index (χ0v) is 13.5. The molecule has 1 aromatic heterocycles. The van der Waals surface area contributed by atoms with Crippen molar-refractivity contribution in [1.29, 1.82) is 0 Å². The van der Waals surface area contributed by atoms with Gasteiger partial charge in [-0.25, -0.2) is 4.79 Å². The van der Waals surface area contributed by atoms with Crippen molar-refractivity contribution in [2.45, 2.75) is 6.92 Å². The molecule has 6 heteroatoms. The Balaban J connectivity index is 1.64. The summed E-state index contributed by atoms with van der Waals surface area (Å²) in [5, 5.41) is 3.92. The number of rotatable bonds is 4. The standard InChI is InChI=1S/C18H19N3O3/c1-14(20-24-18(22)16-3-2-8-19-13-16)15-4-6-17(7-5-15)21-9-11-23-12-10-21/h2-8,13H,9-12H2,1H3/b20-14+. The molecule has 0 saturated carbocycles. The normalized spacial score (nSPS) is 15.2. The molecule has 0 N–H and O–H groups in total. The average Bonchev–Trinajstić information content (AvgIpc) is 2.67. The van der Waals surface area contributed by atoms with Gasteiger partial charge >= 0.3 is 5.97 Å². The zero-order valence-electron chi connectivity index (χ0n) is 13.5. The summed E-state index contributed by atoms with van der Waals surface area (Å²) in [6.07, 6.45) is 3.05. The quantitative estimate of drug-likeness (QED) is 0.491. The van der Waals surface area contributed by atoms with E-state index < -0.39 is 5.97 Å². The highest BCUT2D eigenvalue weighted by Gasteiger charge is 2.11. The van der Waals surface area contributed by atoms with Crippen LogP contribution in [0.3, 0.4) is 0 Å². The average molecular weight is 325 g/mol. The van der Waals surface area contributed by atoms with Gasteiger partial charge in [-0.3, -0.25) is 4.98 Å². The number of ether oxygens (including phenoxy) is 1. The summed E-state index contributed by atoms with van der Waals surface area (Å²) in [5.41, 5.74) is 3.07. The molecule has 1 fully saturated rings. The minimum Gasteiger partial charge on any atom is -0.378 e. The van der Waals surface area contributed by atoms with E-state index in [1.807, 2.05) is 24.3 Å². The van der Waals surface area contributed by atoms with Crippen molar-refractivity contribution in [2.75, 3.05) is 31.2 Å². The van der Waals surface area contributed by atoms with Gasteiger partial charge in [0.15, 0.2) is 0 Å². The number of benzene rings is 1. The minimum absolute atomic E-state index is 0.372. The second-order valence-electron chi connectivity index (χ2n) is 5.44. The van der Waals surface area contributed by atoms with Gasteiger partial charge < -0.3 is 14.5 Å². The third-order valence-corrected chi connectivity index (χ3v) is 3.82. The van der Waals surface area contributed by atoms with Crippen LogP contribution >= 0.6 is 0 Å². The molecule has 124 valence electrons. The number of morpholine rings is 1. The van der Waals surface area contributed by atoms with Crippen LogP contribution in [0.5, 0.6) is 0 Å². The molecule has 1 aromatic carbocycles. The summed E-state index contributed by atoms with van der Waals surface area (Å²) in [7, 11) is 0. The van der Waals surface area contributed by atoms with Gasteiger partial charge in [-0.1, -0.05) is 17.3 Å². The Hall–Kier alpha value is -2.73. The Labute approximate surface area is 140 Å². The Kier molecular flexibility index (Phi) is 5.18. The maximum absolute atomic E-state index is 11.9. The highest BCUT2D eigenvalue weighted by molar-refractivity contribution is 5.99. The van der Waals surface area contributed by atoms with Gasteiger partial charge in [0.05, 0.1) is 24.5 Å². The van der Waals surface area contributed by atoms with Crippen molar-refractivity contribution >= 4 is 17.4 Å². The fourth-order valence-corrected chi connectivity index (χ4v) is 2.43. The van der Waals surface area contributed by atoms with E-state index in [2.05, 4.69) is 15.0 Å². The summed E-state index contributed by atoms with van der Waals surface area (Å²) in [6.45, 7) is 5.11. The topological polar surface area (TPSA) is 64.0 Å². The molecule has 0 radical (unpaired) electrons. The maximum atomic E-state index is 11.9. The number of carbonyl (C=O) groups is 1. The molecule has 0 aliphatic carbocycles. The molecule has 6 nitrogen and oxygen atoms in total. The first kappa shape index (κ1) is 16.1. The van der Waals surface area contributed by atoms with Gasteiger partial charge in [0.2, 0.25) is 0 Å². The second-order valence-corrected chi connectivity index (χ2v) is 5.44. The molecule has 0 spiro atoms. The molecule has 0 atom stereocenters. The molecule has 2 heterocycles. The maximum Gasteiger partial charge on any atom is 0.367 e. The molecule has 1 aliphatic rings. The lowest BCUT2D eigenvalue weighted by atomic mass is 10.1. The van der Waals surface area contributed by atoms with Crippen LogP contribution in [0.15, 0.2) is 53.9 Å². The van der Waals surface area contributed by atoms with E-state index in [1.54, 1.807) is 25.3 Å². The largest absolute Gasteiger partial charge is 0.378 e. The first-order valence-electron chi connectivity index (χ1n) is 7.83. The third kappa shape index (κ3) is 3.97. The number of aromatic nitrogens is 1. The highest BCUT2D eigenvalue weighted by Crippen LogP contribution is 2.17. The van der Waals surface area contributed by atoms with Crippen LogP contribution in [0.2, 0.25) is 0 Å². The SMILES string of the molecule is C/C(=N\OC(=O)c1cccnc1)c1ccc(N2CCOCC2)cc1. The Bertz CT molecular complexity index is 708. The first-order valence-corrected chi connectivity index (χ1v) is 7.83. The van der Waals surface area contributed by atoms with E-state index in [0.29, 0.717) is 11.3 Å². The van der Waals surface area contributed by atoms with Gasteiger partial charge in [-0.15, -0.1) is 0 Å². The lowest BCUT2D eigenvalue weighted by molar-refractivity contribution is 0.0516. The summed E-state index contributed by atoms with van der Waals surface area (Å²) in [6, 6.07) is 11.4. The Morgan fingerprint density at radius 2 is 1.92 bits per heavy atom. The van der Waals surface area contributed by atoms with E-state index in [4.69, 9.17) is 9.57 Å². The van der Waals surface area contributed by atoms with Crippen molar-refractivity contribution in [2.24, 2.45) is 5.16 Å². The molecule has 0 bridgehead atoms. The highest BCUT2D eigenvalue weighted by atomic mass is 16.7. The Morgan fingerprint density at radius 1 is 1.17 bits per heavy atom. The van der Waals surface area contributed by atoms with Gasteiger partial charge in [0, 0.05) is 31.2 Å². The summed E-state index contributed by atoms with van der Waals surface area (Å²) in [4.78, 5) is 23.0. The predicted octanol–water partition coefficient (Wildman–Crippen LogP) is 2.50. The lowest BCUT2D eigenvalue weighted by Gasteiger charge is -2.28. The summed E-state index contributed by atoms with van der Waals surface area (Å²) >= 11 is 0. The van der Waals surface area contributed by atoms with Crippen molar-refractivity contribution in [3.05, 3.63) is 59.9 Å². The van der Waals surface area contributed by atoms with Gasteiger partial charge in [0.25, 0.3) is 0 Å². The van der Waals surface area contributed by atoms with E-state index in [9.17, 15) is 4.79 Å². The molecule has 1 saturated heterocycles. The lowest BCUT2D eigenvalue weighted by Crippen LogP contribution is -2.36. The number of pyridine rings is 1. The summed E-state index contributed by atoms with van der Waals surface area (Å²) in [5.74, 6) is -0.521. The molecule has 24 heavy (non-hydrogen) atoms. The predicted molar refractivity (Wildman–Crippen MR) is 91.3 cm³/mol. The minimum atomic E-state index is -0.521. The number of oxime groups is 1. The molecule has 3 rings (SSSR count). The molecule has 1 aliphatic heterocycles. The Morgan fingerprint density at radius 3 is 2.58 bits per heavy atom. The monoisotopic (exact) mass is 325 g/mol. The van der Waals surface area contributed by atoms with Crippen LogP contribution < -0.4 is 4.90 Å². The van der Waals surface area contributed by atoms with Crippen LogP contribution in [0, 0.1) is 0 Å². The first-order chi connectivity index (χ1) is 11.7. The van der Waals surface area contributed by atoms with Crippen LogP contribution in [0.1, 0.15) is 22.8 Å². The number of carbonyl (C=O) groups excluding carboxylic acids is 1.